The van der Waals surface area contributed by atoms with Gasteiger partial charge in [-0.3, -0.25) is 10.1 Å². The van der Waals surface area contributed by atoms with Crippen molar-refractivity contribution >= 4 is 34.6 Å². The zero-order valence-electron chi connectivity index (χ0n) is 13.9. The first-order valence-electron chi connectivity index (χ1n) is 8.24. The van der Waals surface area contributed by atoms with Gasteiger partial charge < -0.3 is 10.1 Å². The number of ether oxygens (including phenoxy) is 1. The average molecular weight is 391 g/mol. The fourth-order valence-electron chi connectivity index (χ4n) is 3.98. The number of anilines is 1. The Balaban J connectivity index is 1.82. The van der Waals surface area contributed by atoms with Crippen LogP contribution in [0, 0.1) is 16.0 Å². The molecule has 0 radical (unpaired) electrons. The summed E-state index contributed by atoms with van der Waals surface area (Å²) in [5, 5.41) is 15.8. The third-order valence-electron chi connectivity index (χ3n) is 5.19. The molecule has 2 aliphatic rings. The third-order valence-corrected chi connectivity index (χ3v) is 5.99. The highest BCUT2D eigenvalue weighted by Crippen LogP contribution is 2.53. The topological polar surface area (TPSA) is 64.4 Å². The maximum atomic E-state index is 11.4. The molecular formula is C19H16Cl2N2O3. The van der Waals surface area contributed by atoms with Gasteiger partial charge in [-0.1, -0.05) is 47.5 Å². The highest BCUT2D eigenvalue weighted by molar-refractivity contribution is 6.43. The molecule has 7 heteroatoms. The largest absolute Gasteiger partial charge is 0.490 e. The second kappa shape index (κ2) is 6.49. The summed E-state index contributed by atoms with van der Waals surface area (Å²) in [5.41, 5.74) is 2.70. The first kappa shape index (κ1) is 17.2. The van der Waals surface area contributed by atoms with Gasteiger partial charge in [0, 0.05) is 12.0 Å². The Morgan fingerprint density at radius 2 is 2.08 bits per heavy atom. The molecule has 0 aromatic heterocycles. The second-order valence-corrected chi connectivity index (χ2v) is 7.27. The van der Waals surface area contributed by atoms with Crippen LogP contribution in [0.5, 0.6) is 5.75 Å². The van der Waals surface area contributed by atoms with Crippen molar-refractivity contribution in [1.29, 1.82) is 0 Å². The van der Waals surface area contributed by atoms with E-state index in [1.54, 1.807) is 12.1 Å². The van der Waals surface area contributed by atoms with E-state index in [1.165, 1.54) is 7.11 Å². The van der Waals surface area contributed by atoms with Crippen molar-refractivity contribution in [3.63, 3.8) is 0 Å². The molecule has 0 fully saturated rings. The summed E-state index contributed by atoms with van der Waals surface area (Å²) in [5.74, 6) is 0.706. The number of allylic oxidation sites excluding steroid dienone is 2. The van der Waals surface area contributed by atoms with E-state index in [0.717, 1.165) is 23.2 Å². The van der Waals surface area contributed by atoms with E-state index in [1.807, 2.05) is 18.2 Å². The van der Waals surface area contributed by atoms with Crippen LogP contribution in [0.25, 0.3) is 0 Å². The molecule has 26 heavy (non-hydrogen) atoms. The average Bonchev–Trinajstić information content (AvgIpc) is 3.13. The summed E-state index contributed by atoms with van der Waals surface area (Å²) >= 11 is 12.6. The molecule has 1 heterocycles. The number of nitro groups is 1. The van der Waals surface area contributed by atoms with Gasteiger partial charge in [0.15, 0.2) is 5.75 Å². The van der Waals surface area contributed by atoms with Crippen molar-refractivity contribution in [2.45, 2.75) is 18.4 Å². The molecule has 2 aromatic rings. The van der Waals surface area contributed by atoms with Crippen LogP contribution >= 0.6 is 23.2 Å². The van der Waals surface area contributed by atoms with E-state index >= 15 is 0 Å². The molecule has 0 unspecified atom stereocenters. The van der Waals surface area contributed by atoms with Gasteiger partial charge in [-0.2, -0.15) is 0 Å². The summed E-state index contributed by atoms with van der Waals surface area (Å²) < 4.78 is 5.11. The first-order chi connectivity index (χ1) is 12.5. The van der Waals surface area contributed by atoms with E-state index in [0.29, 0.717) is 10.0 Å². The van der Waals surface area contributed by atoms with E-state index in [2.05, 4.69) is 17.5 Å². The van der Waals surface area contributed by atoms with Crippen LogP contribution in [-0.4, -0.2) is 12.0 Å². The lowest BCUT2D eigenvalue weighted by molar-refractivity contribution is -0.385. The van der Waals surface area contributed by atoms with Gasteiger partial charge in [0.2, 0.25) is 0 Å². The standard InChI is InChI=1S/C19H16Cl2N2O3/c1-26-16-8-5-10(9-15(16)23(24)25)18-12-4-2-3-11(12)13-6-7-14(20)17(21)19(13)22-18/h2-3,5-9,11-12,18,22H,4H2,1H3/t11-,12+,18-/m0/s1. The highest BCUT2D eigenvalue weighted by Gasteiger charge is 2.39. The van der Waals surface area contributed by atoms with Crippen molar-refractivity contribution in [3.8, 4) is 5.75 Å². The number of hydrogen-bond acceptors (Lipinski definition) is 4. The van der Waals surface area contributed by atoms with Crippen molar-refractivity contribution in [1.82, 2.24) is 0 Å². The SMILES string of the molecule is COc1ccc([C@@H]2Nc3c(ccc(Cl)c3Cl)[C@H]3C=CC[C@H]32)cc1[N+](=O)[O-]. The maximum Gasteiger partial charge on any atom is 0.311 e. The van der Waals surface area contributed by atoms with Crippen molar-refractivity contribution in [3.05, 3.63) is 73.8 Å². The van der Waals surface area contributed by atoms with Gasteiger partial charge in [-0.25, -0.2) is 0 Å². The number of nitrogens with zero attached hydrogens (tertiary/aromatic N) is 1. The van der Waals surface area contributed by atoms with Gasteiger partial charge in [0.1, 0.15) is 0 Å². The molecule has 0 bridgehead atoms. The van der Waals surface area contributed by atoms with Gasteiger partial charge in [-0.05, 0) is 35.6 Å². The third kappa shape index (κ3) is 2.63. The van der Waals surface area contributed by atoms with Crippen LogP contribution in [0.3, 0.4) is 0 Å². The Kier molecular flexibility index (Phi) is 4.29. The van der Waals surface area contributed by atoms with Crippen LogP contribution < -0.4 is 10.1 Å². The molecule has 1 aliphatic heterocycles. The molecule has 1 N–H and O–H groups in total. The zero-order chi connectivity index (χ0) is 18.4. The van der Waals surface area contributed by atoms with Gasteiger partial charge in [0.05, 0.1) is 33.8 Å². The molecule has 134 valence electrons. The predicted octanol–water partition coefficient (Wildman–Crippen LogP) is 5.74. The molecule has 1 aliphatic carbocycles. The lowest BCUT2D eigenvalue weighted by Crippen LogP contribution is -2.29. The van der Waals surface area contributed by atoms with Crippen LogP contribution in [0.15, 0.2) is 42.5 Å². The Morgan fingerprint density at radius 3 is 2.81 bits per heavy atom. The number of hydrogen-bond donors (Lipinski definition) is 1. The minimum Gasteiger partial charge on any atom is -0.490 e. The zero-order valence-corrected chi connectivity index (χ0v) is 15.4. The summed E-state index contributed by atoms with van der Waals surface area (Å²) in [7, 11) is 1.43. The number of rotatable bonds is 3. The summed E-state index contributed by atoms with van der Waals surface area (Å²) in [6.45, 7) is 0. The van der Waals surface area contributed by atoms with E-state index in [-0.39, 0.29) is 29.3 Å². The quantitative estimate of drug-likeness (QED) is 0.412. The maximum absolute atomic E-state index is 11.4. The Bertz CT molecular complexity index is 929. The van der Waals surface area contributed by atoms with Gasteiger partial charge in [-0.15, -0.1) is 0 Å². The highest BCUT2D eigenvalue weighted by atomic mass is 35.5. The molecular weight excluding hydrogens is 375 g/mol. The number of benzene rings is 2. The minimum absolute atomic E-state index is 0.0442. The molecule has 0 spiro atoms. The fourth-order valence-corrected chi connectivity index (χ4v) is 4.36. The molecule has 4 rings (SSSR count). The molecule has 2 aromatic carbocycles. The first-order valence-corrected chi connectivity index (χ1v) is 9.00. The molecule has 0 amide bonds. The lowest BCUT2D eigenvalue weighted by Gasteiger charge is -2.38. The molecule has 5 nitrogen and oxygen atoms in total. The normalized spacial score (nSPS) is 23.1. The second-order valence-electron chi connectivity index (χ2n) is 6.49. The summed E-state index contributed by atoms with van der Waals surface area (Å²) in [6.07, 6.45) is 5.22. The van der Waals surface area contributed by atoms with Crippen LogP contribution in [0.1, 0.15) is 29.5 Å². The molecule has 3 atom stereocenters. The Labute approximate surface area is 160 Å². The number of nitrogens with one attached hydrogen (secondary N) is 1. The Morgan fingerprint density at radius 1 is 1.27 bits per heavy atom. The smallest absolute Gasteiger partial charge is 0.311 e. The monoisotopic (exact) mass is 390 g/mol. The molecule has 0 saturated heterocycles. The molecule has 0 saturated carbocycles. The minimum atomic E-state index is -0.423. The van der Waals surface area contributed by atoms with Crippen molar-refractivity contribution < 1.29 is 9.66 Å². The van der Waals surface area contributed by atoms with Gasteiger partial charge >= 0.3 is 5.69 Å². The van der Waals surface area contributed by atoms with Crippen LogP contribution in [-0.2, 0) is 0 Å². The van der Waals surface area contributed by atoms with Crippen molar-refractivity contribution in [2.24, 2.45) is 5.92 Å². The lowest BCUT2D eigenvalue weighted by atomic mass is 9.77. The van der Waals surface area contributed by atoms with E-state index in [9.17, 15) is 10.1 Å². The van der Waals surface area contributed by atoms with Crippen molar-refractivity contribution in [2.75, 3.05) is 12.4 Å². The van der Waals surface area contributed by atoms with E-state index < -0.39 is 4.92 Å². The summed E-state index contributed by atoms with van der Waals surface area (Å²) in [4.78, 5) is 11.0. The van der Waals surface area contributed by atoms with Crippen LogP contribution in [0.2, 0.25) is 10.0 Å². The van der Waals surface area contributed by atoms with E-state index in [4.69, 9.17) is 27.9 Å². The van der Waals surface area contributed by atoms with Crippen LogP contribution in [0.4, 0.5) is 11.4 Å². The Hall–Kier alpha value is -2.24. The number of nitro benzene ring substituents is 1. The predicted molar refractivity (Wildman–Crippen MR) is 102 cm³/mol. The fraction of sp³-hybridized carbons (Fsp3) is 0.263. The number of halogens is 2. The number of methoxy groups -OCH3 is 1. The van der Waals surface area contributed by atoms with Gasteiger partial charge in [0.25, 0.3) is 0 Å². The number of fused-ring (bicyclic) bond motifs is 3. The summed E-state index contributed by atoms with van der Waals surface area (Å²) in [6, 6.07) is 8.78.